The molecule has 2 aliphatic carbocycles. The highest BCUT2D eigenvalue weighted by atomic mass is 32.2. The van der Waals surface area contributed by atoms with Crippen LogP contribution in [-0.2, 0) is 4.79 Å². The molecule has 2 aliphatic rings. The van der Waals surface area contributed by atoms with E-state index in [1.165, 1.54) is 31.5 Å². The Hall–Kier alpha value is -2.87. The van der Waals surface area contributed by atoms with Gasteiger partial charge in [0.25, 0.3) is 0 Å². The van der Waals surface area contributed by atoms with Crippen molar-refractivity contribution in [3.05, 3.63) is 53.1 Å². The van der Waals surface area contributed by atoms with E-state index < -0.39 is 0 Å². The lowest BCUT2D eigenvalue weighted by molar-refractivity contribution is -0.114. The fourth-order valence-corrected chi connectivity index (χ4v) is 5.15. The van der Waals surface area contributed by atoms with Gasteiger partial charge < -0.3 is 9.88 Å². The number of benzene rings is 1. The molecule has 0 unspecified atom stereocenters. The van der Waals surface area contributed by atoms with E-state index in [0.717, 1.165) is 47.0 Å². The first-order valence-electron chi connectivity index (χ1n) is 11.1. The molecule has 7 nitrogen and oxygen atoms in total. The normalized spacial score (nSPS) is 15.7. The summed E-state index contributed by atoms with van der Waals surface area (Å²) in [6.45, 7) is 5.62. The number of thioether (sulfide) groups is 1. The lowest BCUT2D eigenvalue weighted by atomic mass is 10.2. The molecule has 166 valence electrons. The van der Waals surface area contributed by atoms with E-state index in [0.29, 0.717) is 22.9 Å². The minimum atomic E-state index is -0.114. The zero-order valence-corrected chi connectivity index (χ0v) is 19.4. The van der Waals surface area contributed by atoms with Gasteiger partial charge in [0.15, 0.2) is 10.9 Å². The van der Waals surface area contributed by atoms with E-state index in [1.54, 1.807) is 0 Å². The summed E-state index contributed by atoms with van der Waals surface area (Å²) in [7, 11) is 0. The Kier molecular flexibility index (Phi) is 5.41. The SMILES string of the molecule is CC(=O)Nc1cccc(-n2c(SCC(=O)c3cc(C)n(C4CC4)c3C)nnc2C2CC2)c1. The number of rotatable bonds is 8. The molecule has 8 heteroatoms. The number of nitrogens with zero attached hydrogens (tertiary/aromatic N) is 4. The smallest absolute Gasteiger partial charge is 0.221 e. The number of amides is 1. The number of hydrogen-bond acceptors (Lipinski definition) is 5. The number of carbonyl (C=O) groups is 2. The molecule has 0 aliphatic heterocycles. The first-order valence-corrected chi connectivity index (χ1v) is 12.1. The van der Waals surface area contributed by atoms with Gasteiger partial charge in [0.1, 0.15) is 5.82 Å². The van der Waals surface area contributed by atoms with Gasteiger partial charge in [-0.25, -0.2) is 0 Å². The van der Waals surface area contributed by atoms with E-state index in [9.17, 15) is 9.59 Å². The molecule has 32 heavy (non-hydrogen) atoms. The number of Topliss-reactive ketones (excluding diaryl/α,β-unsaturated/α-hetero) is 1. The van der Waals surface area contributed by atoms with Crippen LogP contribution < -0.4 is 5.32 Å². The van der Waals surface area contributed by atoms with Crippen LogP contribution >= 0.6 is 11.8 Å². The Morgan fingerprint density at radius 3 is 2.59 bits per heavy atom. The molecular weight excluding hydrogens is 422 g/mol. The van der Waals surface area contributed by atoms with Crippen molar-refractivity contribution in [3.8, 4) is 5.69 Å². The maximum Gasteiger partial charge on any atom is 0.221 e. The van der Waals surface area contributed by atoms with E-state index in [4.69, 9.17) is 0 Å². The number of nitrogens with one attached hydrogen (secondary N) is 1. The van der Waals surface area contributed by atoms with Gasteiger partial charge in [-0.05, 0) is 63.8 Å². The van der Waals surface area contributed by atoms with E-state index in [2.05, 4.69) is 27.0 Å². The summed E-state index contributed by atoms with van der Waals surface area (Å²) in [5, 5.41) is 12.4. The van der Waals surface area contributed by atoms with Gasteiger partial charge in [0.2, 0.25) is 5.91 Å². The molecule has 1 N–H and O–H groups in total. The first-order chi connectivity index (χ1) is 15.4. The summed E-state index contributed by atoms with van der Waals surface area (Å²) in [4.78, 5) is 24.6. The zero-order valence-electron chi connectivity index (χ0n) is 18.6. The first kappa shape index (κ1) is 21.0. The maximum atomic E-state index is 13.1. The molecule has 0 radical (unpaired) electrons. The molecular formula is C24H27N5O2S. The summed E-state index contributed by atoms with van der Waals surface area (Å²) in [5.74, 6) is 1.63. The fraction of sp³-hybridized carbons (Fsp3) is 0.417. The lowest BCUT2D eigenvalue weighted by Gasteiger charge is -2.12. The number of anilines is 1. The Labute approximate surface area is 191 Å². The van der Waals surface area contributed by atoms with Gasteiger partial charge in [-0.15, -0.1) is 10.2 Å². The molecule has 2 fully saturated rings. The van der Waals surface area contributed by atoms with Crippen molar-refractivity contribution < 1.29 is 9.59 Å². The molecule has 0 spiro atoms. The molecule has 2 saturated carbocycles. The van der Waals surface area contributed by atoms with Crippen LogP contribution in [0.3, 0.4) is 0 Å². The van der Waals surface area contributed by atoms with Crippen LogP contribution in [0.2, 0.25) is 0 Å². The summed E-state index contributed by atoms with van der Waals surface area (Å²) < 4.78 is 4.34. The third-order valence-electron chi connectivity index (χ3n) is 6.05. The van der Waals surface area contributed by atoms with Gasteiger partial charge in [0, 0.05) is 41.5 Å². The fourth-order valence-electron chi connectivity index (χ4n) is 4.31. The van der Waals surface area contributed by atoms with Crippen molar-refractivity contribution in [1.29, 1.82) is 0 Å². The average molecular weight is 450 g/mol. The number of hydrogen-bond donors (Lipinski definition) is 1. The molecule has 3 aromatic rings. The molecule has 0 bridgehead atoms. The number of ketones is 1. The quantitative estimate of drug-likeness (QED) is 0.393. The second kappa shape index (κ2) is 8.24. The van der Waals surface area contributed by atoms with Crippen LogP contribution in [0.1, 0.15) is 72.1 Å². The van der Waals surface area contributed by atoms with Crippen molar-refractivity contribution in [2.24, 2.45) is 0 Å². The van der Waals surface area contributed by atoms with Gasteiger partial charge in [0.05, 0.1) is 11.4 Å². The van der Waals surface area contributed by atoms with Crippen molar-refractivity contribution >= 4 is 29.1 Å². The molecule has 0 atom stereocenters. The van der Waals surface area contributed by atoms with Gasteiger partial charge in [-0.1, -0.05) is 17.8 Å². The third kappa shape index (κ3) is 4.11. The molecule has 2 aromatic heterocycles. The molecule has 2 heterocycles. The van der Waals surface area contributed by atoms with Crippen LogP contribution in [0.15, 0.2) is 35.5 Å². The summed E-state index contributed by atoms with van der Waals surface area (Å²) >= 11 is 1.42. The summed E-state index contributed by atoms with van der Waals surface area (Å²) in [6.07, 6.45) is 4.59. The predicted molar refractivity (Wildman–Crippen MR) is 125 cm³/mol. The molecule has 1 aromatic carbocycles. The second-order valence-electron chi connectivity index (χ2n) is 8.78. The molecule has 0 saturated heterocycles. The average Bonchev–Trinajstić information content (AvgIpc) is 3.68. The summed E-state index contributed by atoms with van der Waals surface area (Å²) in [6, 6.07) is 10.3. The van der Waals surface area contributed by atoms with Crippen molar-refractivity contribution in [2.45, 2.75) is 63.6 Å². The Morgan fingerprint density at radius 1 is 1.12 bits per heavy atom. The number of aryl methyl sites for hydroxylation is 1. The largest absolute Gasteiger partial charge is 0.345 e. The highest BCUT2D eigenvalue weighted by Crippen LogP contribution is 2.42. The van der Waals surface area contributed by atoms with Crippen molar-refractivity contribution in [3.63, 3.8) is 0 Å². The molecule has 1 amide bonds. The van der Waals surface area contributed by atoms with E-state index >= 15 is 0 Å². The van der Waals surface area contributed by atoms with Crippen molar-refractivity contribution in [1.82, 2.24) is 19.3 Å². The number of aromatic nitrogens is 4. The van der Waals surface area contributed by atoms with Gasteiger partial charge >= 0.3 is 0 Å². The third-order valence-corrected chi connectivity index (χ3v) is 6.98. The van der Waals surface area contributed by atoms with E-state index in [-0.39, 0.29) is 11.7 Å². The zero-order chi connectivity index (χ0) is 22.4. The Balaban J connectivity index is 1.40. The highest BCUT2D eigenvalue weighted by Gasteiger charge is 2.32. The molecule has 5 rings (SSSR count). The van der Waals surface area contributed by atoms with Crippen LogP contribution in [0.5, 0.6) is 0 Å². The maximum absolute atomic E-state index is 13.1. The minimum Gasteiger partial charge on any atom is -0.345 e. The van der Waals surface area contributed by atoms with Gasteiger partial charge in [-0.3, -0.25) is 14.2 Å². The topological polar surface area (TPSA) is 81.8 Å². The number of carbonyl (C=O) groups excluding carboxylic acids is 2. The van der Waals surface area contributed by atoms with Crippen LogP contribution in [0.4, 0.5) is 5.69 Å². The van der Waals surface area contributed by atoms with Crippen LogP contribution in [0, 0.1) is 13.8 Å². The van der Waals surface area contributed by atoms with Crippen molar-refractivity contribution in [2.75, 3.05) is 11.1 Å². The standard InChI is InChI=1S/C24H27N5O2S/c1-14-11-21(15(2)28(14)19-9-10-19)22(31)13-32-24-27-26-23(17-7-8-17)29(24)20-6-4-5-18(12-20)25-16(3)30/h4-6,11-12,17,19H,7-10,13H2,1-3H3,(H,25,30). The van der Waals surface area contributed by atoms with Gasteiger partial charge in [-0.2, -0.15) is 0 Å². The Bertz CT molecular complexity index is 1200. The Morgan fingerprint density at radius 2 is 1.91 bits per heavy atom. The van der Waals surface area contributed by atoms with E-state index in [1.807, 2.05) is 41.8 Å². The monoisotopic (exact) mass is 449 g/mol. The van der Waals surface area contributed by atoms with Crippen LogP contribution in [-0.4, -0.2) is 36.8 Å². The second-order valence-corrected chi connectivity index (χ2v) is 9.72. The van der Waals surface area contributed by atoms with Crippen LogP contribution in [0.25, 0.3) is 5.69 Å². The lowest BCUT2D eigenvalue weighted by Crippen LogP contribution is -2.09. The highest BCUT2D eigenvalue weighted by molar-refractivity contribution is 7.99. The summed E-state index contributed by atoms with van der Waals surface area (Å²) in [5.41, 5.74) is 4.66. The minimum absolute atomic E-state index is 0.114. The predicted octanol–water partition coefficient (Wildman–Crippen LogP) is 4.83.